The summed E-state index contributed by atoms with van der Waals surface area (Å²) in [5.41, 5.74) is 3.62. The highest BCUT2D eigenvalue weighted by Crippen LogP contribution is 2.36. The molecule has 4 heteroatoms. The van der Waals surface area contributed by atoms with Crippen LogP contribution < -0.4 is 5.32 Å². The Balaban J connectivity index is 1.97. The van der Waals surface area contributed by atoms with Gasteiger partial charge >= 0.3 is 0 Å². The summed E-state index contributed by atoms with van der Waals surface area (Å²) in [6.07, 6.45) is 4.80. The Hall–Kier alpha value is -1.00. The first kappa shape index (κ1) is 16.4. The van der Waals surface area contributed by atoms with Crippen molar-refractivity contribution in [3.8, 4) is 0 Å². The van der Waals surface area contributed by atoms with Crippen LogP contribution in [-0.4, -0.2) is 36.8 Å². The molecule has 118 valence electrons. The largest absolute Gasteiger partial charge is 0.383 e. The third-order valence-electron chi connectivity index (χ3n) is 4.53. The second-order valence-corrected chi connectivity index (χ2v) is 6.34. The van der Waals surface area contributed by atoms with E-state index >= 15 is 0 Å². The van der Waals surface area contributed by atoms with Crippen LogP contribution in [0.1, 0.15) is 54.9 Å². The molecule has 1 N–H and O–H groups in total. The molecule has 0 aliphatic heterocycles. The topological polar surface area (TPSA) is 47.0 Å². The number of hydrogen-bond acceptors (Lipinski definition) is 4. The molecule has 1 heterocycles. The zero-order valence-corrected chi connectivity index (χ0v) is 13.9. The predicted octanol–water partition coefficient (Wildman–Crippen LogP) is 2.78. The Bertz CT molecular complexity index is 438. The maximum atomic E-state index is 5.04. The lowest BCUT2D eigenvalue weighted by molar-refractivity contribution is 0.199. The van der Waals surface area contributed by atoms with Gasteiger partial charge in [-0.05, 0) is 57.6 Å². The molecule has 2 atom stereocenters. The normalized spacial score (nSPS) is 21.9. The lowest BCUT2D eigenvalue weighted by atomic mass is 10.0. The van der Waals surface area contributed by atoms with Gasteiger partial charge in [-0.15, -0.1) is 0 Å². The molecule has 1 aromatic rings. The Labute approximate surface area is 128 Å². The van der Waals surface area contributed by atoms with Gasteiger partial charge in [0, 0.05) is 31.0 Å². The van der Waals surface area contributed by atoms with Crippen molar-refractivity contribution in [1.29, 1.82) is 0 Å². The first-order chi connectivity index (χ1) is 10.1. The molecule has 0 amide bonds. The molecule has 1 fully saturated rings. The standard InChI is InChI=1S/C17H29N3O/c1-12-5-6-15(11-12)17-19-13(2)16(14(3)20-17)7-8-18-9-10-21-4/h12,15,18H,5-11H2,1-4H3. The van der Waals surface area contributed by atoms with Crippen molar-refractivity contribution < 1.29 is 4.74 Å². The number of methoxy groups -OCH3 is 1. The number of aromatic nitrogens is 2. The predicted molar refractivity (Wildman–Crippen MR) is 85.7 cm³/mol. The molecule has 1 aliphatic carbocycles. The summed E-state index contributed by atoms with van der Waals surface area (Å²) in [6.45, 7) is 9.19. The molecule has 0 bridgehead atoms. The molecular formula is C17H29N3O. The van der Waals surface area contributed by atoms with E-state index in [2.05, 4.69) is 26.1 Å². The fourth-order valence-corrected chi connectivity index (χ4v) is 3.26. The van der Waals surface area contributed by atoms with Crippen LogP contribution in [-0.2, 0) is 11.2 Å². The van der Waals surface area contributed by atoms with Gasteiger partial charge in [-0.25, -0.2) is 9.97 Å². The maximum Gasteiger partial charge on any atom is 0.131 e. The van der Waals surface area contributed by atoms with E-state index in [9.17, 15) is 0 Å². The Morgan fingerprint density at radius 1 is 1.14 bits per heavy atom. The fourth-order valence-electron chi connectivity index (χ4n) is 3.26. The third kappa shape index (κ3) is 4.48. The van der Waals surface area contributed by atoms with Crippen molar-refractivity contribution in [3.63, 3.8) is 0 Å². The van der Waals surface area contributed by atoms with Crippen LogP contribution in [0.4, 0.5) is 0 Å². The highest BCUT2D eigenvalue weighted by molar-refractivity contribution is 5.25. The van der Waals surface area contributed by atoms with E-state index in [1.54, 1.807) is 7.11 Å². The summed E-state index contributed by atoms with van der Waals surface area (Å²) in [4.78, 5) is 9.60. The van der Waals surface area contributed by atoms with Crippen LogP contribution >= 0.6 is 0 Å². The molecule has 2 unspecified atom stereocenters. The van der Waals surface area contributed by atoms with Gasteiger partial charge in [0.25, 0.3) is 0 Å². The van der Waals surface area contributed by atoms with Crippen LogP contribution in [0.5, 0.6) is 0 Å². The molecule has 0 radical (unpaired) electrons. The quantitative estimate of drug-likeness (QED) is 0.785. The van der Waals surface area contributed by atoms with Gasteiger partial charge in [0.05, 0.1) is 6.61 Å². The van der Waals surface area contributed by atoms with E-state index in [1.165, 1.54) is 24.8 Å². The fraction of sp³-hybridized carbons (Fsp3) is 0.765. The van der Waals surface area contributed by atoms with Crippen LogP contribution in [0.25, 0.3) is 0 Å². The van der Waals surface area contributed by atoms with Gasteiger partial charge in [-0.1, -0.05) is 6.92 Å². The minimum absolute atomic E-state index is 0.575. The van der Waals surface area contributed by atoms with Crippen molar-refractivity contribution in [2.75, 3.05) is 26.8 Å². The van der Waals surface area contributed by atoms with Crippen molar-refractivity contribution in [2.24, 2.45) is 5.92 Å². The average molecular weight is 291 g/mol. The average Bonchev–Trinajstić information content (AvgIpc) is 2.87. The lowest BCUT2D eigenvalue weighted by Crippen LogP contribution is -2.22. The molecule has 1 aromatic heterocycles. The van der Waals surface area contributed by atoms with Gasteiger partial charge in [0.2, 0.25) is 0 Å². The van der Waals surface area contributed by atoms with Gasteiger partial charge in [-0.2, -0.15) is 0 Å². The van der Waals surface area contributed by atoms with E-state index in [-0.39, 0.29) is 0 Å². The number of aryl methyl sites for hydroxylation is 2. The first-order valence-corrected chi connectivity index (χ1v) is 8.15. The molecule has 0 spiro atoms. The summed E-state index contributed by atoms with van der Waals surface area (Å²) in [7, 11) is 1.73. The van der Waals surface area contributed by atoms with Crippen molar-refractivity contribution in [3.05, 3.63) is 22.8 Å². The van der Waals surface area contributed by atoms with Gasteiger partial charge in [0.15, 0.2) is 0 Å². The summed E-state index contributed by atoms with van der Waals surface area (Å²) >= 11 is 0. The minimum Gasteiger partial charge on any atom is -0.383 e. The van der Waals surface area contributed by atoms with Crippen molar-refractivity contribution in [1.82, 2.24) is 15.3 Å². The first-order valence-electron chi connectivity index (χ1n) is 8.15. The van der Waals surface area contributed by atoms with Crippen LogP contribution in [0.2, 0.25) is 0 Å². The molecule has 21 heavy (non-hydrogen) atoms. The van der Waals surface area contributed by atoms with Crippen LogP contribution in [0, 0.1) is 19.8 Å². The maximum absolute atomic E-state index is 5.04. The lowest BCUT2D eigenvalue weighted by Gasteiger charge is -2.14. The van der Waals surface area contributed by atoms with E-state index in [1.807, 2.05) is 0 Å². The highest BCUT2D eigenvalue weighted by atomic mass is 16.5. The summed E-state index contributed by atoms with van der Waals surface area (Å²) in [5, 5.41) is 3.38. The van der Waals surface area contributed by atoms with Gasteiger partial charge in [0.1, 0.15) is 5.82 Å². The molecule has 1 aliphatic rings. The number of nitrogens with one attached hydrogen (secondary N) is 1. The highest BCUT2D eigenvalue weighted by Gasteiger charge is 2.25. The summed E-state index contributed by atoms with van der Waals surface area (Å²) < 4.78 is 5.04. The smallest absolute Gasteiger partial charge is 0.131 e. The summed E-state index contributed by atoms with van der Waals surface area (Å²) in [6, 6.07) is 0. The third-order valence-corrected chi connectivity index (χ3v) is 4.53. The van der Waals surface area contributed by atoms with Crippen LogP contribution in [0.3, 0.4) is 0 Å². The van der Waals surface area contributed by atoms with Crippen molar-refractivity contribution >= 4 is 0 Å². The Morgan fingerprint density at radius 2 is 1.86 bits per heavy atom. The molecule has 0 saturated heterocycles. The van der Waals surface area contributed by atoms with E-state index in [0.29, 0.717) is 5.92 Å². The zero-order chi connectivity index (χ0) is 15.2. The number of hydrogen-bond donors (Lipinski definition) is 1. The van der Waals surface area contributed by atoms with Crippen LogP contribution in [0.15, 0.2) is 0 Å². The zero-order valence-electron chi connectivity index (χ0n) is 13.9. The molecule has 1 saturated carbocycles. The molecule has 2 rings (SSSR count). The second kappa shape index (κ2) is 7.85. The van der Waals surface area contributed by atoms with Gasteiger partial charge < -0.3 is 10.1 Å². The van der Waals surface area contributed by atoms with E-state index in [0.717, 1.165) is 49.2 Å². The van der Waals surface area contributed by atoms with Gasteiger partial charge in [-0.3, -0.25) is 0 Å². The number of rotatable bonds is 7. The Morgan fingerprint density at radius 3 is 2.43 bits per heavy atom. The monoisotopic (exact) mass is 291 g/mol. The molecule has 0 aromatic carbocycles. The van der Waals surface area contributed by atoms with E-state index < -0.39 is 0 Å². The van der Waals surface area contributed by atoms with E-state index in [4.69, 9.17) is 14.7 Å². The summed E-state index contributed by atoms with van der Waals surface area (Å²) in [5.74, 6) is 2.47. The second-order valence-electron chi connectivity index (χ2n) is 6.34. The molecular weight excluding hydrogens is 262 g/mol. The Kier molecular flexibility index (Phi) is 6.12. The number of nitrogens with zero attached hydrogens (tertiary/aromatic N) is 2. The SMILES string of the molecule is COCCNCCc1c(C)nc(C2CCC(C)C2)nc1C. The van der Waals surface area contributed by atoms with Crippen molar-refractivity contribution in [2.45, 2.75) is 52.4 Å². The number of ether oxygens (including phenoxy) is 1. The molecule has 4 nitrogen and oxygen atoms in total. The minimum atomic E-state index is 0.575.